The van der Waals surface area contributed by atoms with Crippen LogP contribution < -0.4 is 4.74 Å². The van der Waals surface area contributed by atoms with Crippen LogP contribution in [0.15, 0.2) is 42.5 Å². The Hall–Kier alpha value is -2.37. The summed E-state index contributed by atoms with van der Waals surface area (Å²) in [5, 5.41) is 0.480. The Labute approximate surface area is 221 Å². The first-order valence-corrected chi connectivity index (χ1v) is 13.5. The van der Waals surface area contributed by atoms with E-state index in [1.807, 2.05) is 26.8 Å². The summed E-state index contributed by atoms with van der Waals surface area (Å²) in [4.78, 5) is 26.8. The number of likely N-dealkylation sites (tertiary alicyclic amines) is 1. The number of halogens is 1. The van der Waals surface area contributed by atoms with Gasteiger partial charge in [-0.3, -0.25) is 14.5 Å². The fraction of sp³-hybridized carbons (Fsp3) is 0.533. The van der Waals surface area contributed by atoms with E-state index in [0.29, 0.717) is 29.2 Å². The molecule has 0 saturated carbocycles. The molecule has 196 valence electrons. The molecule has 0 amide bonds. The van der Waals surface area contributed by atoms with Gasteiger partial charge in [0, 0.05) is 38.0 Å². The first-order chi connectivity index (χ1) is 17.1. The van der Waals surface area contributed by atoms with Crippen molar-refractivity contribution in [3.8, 4) is 5.75 Å². The van der Waals surface area contributed by atoms with Crippen molar-refractivity contribution in [1.82, 2.24) is 4.90 Å². The molecule has 2 aromatic carbocycles. The zero-order valence-electron chi connectivity index (χ0n) is 22.1. The molecule has 2 aromatic rings. The average Bonchev–Trinajstić information content (AvgIpc) is 2.81. The third-order valence-corrected chi connectivity index (χ3v) is 6.61. The number of hydrogen-bond acceptors (Lipinski definition) is 5. The molecule has 36 heavy (non-hydrogen) atoms. The lowest BCUT2D eigenvalue weighted by Gasteiger charge is -2.32. The summed E-state index contributed by atoms with van der Waals surface area (Å²) in [6.45, 7) is 10.6. The number of ether oxygens (including phenoxy) is 2. The zero-order valence-corrected chi connectivity index (χ0v) is 22.9. The fourth-order valence-corrected chi connectivity index (χ4v) is 4.58. The standard InChI is InChI=1S/C30H40ClNO4/c1-22-10-12-23(13-11-22)21-32-18-16-25(17-19-32)35-28-15-14-24(20-26(28)31)27(33)8-6-5-7-9-29(34)36-30(2,3)4/h10-15,20,25H,5-9,16-19,21H2,1-4H3. The number of aryl methyl sites for hydroxylation is 1. The lowest BCUT2D eigenvalue weighted by atomic mass is 10.0. The maximum atomic E-state index is 12.6. The second kappa shape index (κ2) is 13.3. The second-order valence-corrected chi connectivity index (χ2v) is 11.2. The molecule has 6 heteroatoms. The molecule has 0 aliphatic carbocycles. The van der Waals surface area contributed by atoms with Gasteiger partial charge in [-0.15, -0.1) is 0 Å². The van der Waals surface area contributed by atoms with Crippen LogP contribution in [0, 0.1) is 6.92 Å². The van der Waals surface area contributed by atoms with Crippen LogP contribution in [0.1, 0.15) is 87.2 Å². The summed E-state index contributed by atoms with van der Waals surface area (Å²) in [6.07, 6.45) is 5.11. The largest absolute Gasteiger partial charge is 0.489 e. The number of nitrogens with zero attached hydrogens (tertiary/aromatic N) is 1. The van der Waals surface area contributed by atoms with Gasteiger partial charge in [-0.05, 0) is 77.1 Å². The van der Waals surface area contributed by atoms with Crippen molar-refractivity contribution < 1.29 is 19.1 Å². The summed E-state index contributed by atoms with van der Waals surface area (Å²) in [7, 11) is 0. The first kappa shape index (κ1) is 28.2. The quantitative estimate of drug-likeness (QED) is 0.181. The fourth-order valence-electron chi connectivity index (χ4n) is 4.35. The van der Waals surface area contributed by atoms with Gasteiger partial charge in [-0.2, -0.15) is 0 Å². The highest BCUT2D eigenvalue weighted by Crippen LogP contribution is 2.29. The molecule has 1 fully saturated rings. The highest BCUT2D eigenvalue weighted by atomic mass is 35.5. The Kier molecular flexibility index (Phi) is 10.4. The van der Waals surface area contributed by atoms with Crippen LogP contribution in [-0.4, -0.2) is 41.4 Å². The van der Waals surface area contributed by atoms with Crippen molar-refractivity contribution in [3.05, 3.63) is 64.2 Å². The average molecular weight is 514 g/mol. The van der Waals surface area contributed by atoms with Crippen LogP contribution in [0.3, 0.4) is 0 Å². The number of benzene rings is 2. The molecule has 1 aliphatic rings. The molecule has 0 unspecified atom stereocenters. The minimum Gasteiger partial charge on any atom is -0.489 e. The summed E-state index contributed by atoms with van der Waals surface area (Å²) < 4.78 is 11.5. The predicted molar refractivity (Wildman–Crippen MR) is 145 cm³/mol. The number of piperidine rings is 1. The first-order valence-electron chi connectivity index (χ1n) is 13.1. The molecule has 0 spiro atoms. The van der Waals surface area contributed by atoms with Crippen molar-refractivity contribution in [2.45, 2.75) is 90.9 Å². The molecule has 1 saturated heterocycles. The van der Waals surface area contributed by atoms with Gasteiger partial charge in [-0.25, -0.2) is 0 Å². The van der Waals surface area contributed by atoms with Crippen LogP contribution in [-0.2, 0) is 16.1 Å². The van der Waals surface area contributed by atoms with E-state index in [1.165, 1.54) is 11.1 Å². The smallest absolute Gasteiger partial charge is 0.306 e. The summed E-state index contributed by atoms with van der Waals surface area (Å²) in [5.74, 6) is 0.515. The molecule has 0 N–H and O–H groups in total. The van der Waals surface area contributed by atoms with Gasteiger partial charge in [0.1, 0.15) is 17.5 Å². The molecule has 5 nitrogen and oxygen atoms in total. The third-order valence-electron chi connectivity index (χ3n) is 6.31. The van der Waals surface area contributed by atoms with Crippen LogP contribution >= 0.6 is 11.6 Å². The van der Waals surface area contributed by atoms with Crippen LogP contribution in [0.25, 0.3) is 0 Å². The minimum atomic E-state index is -0.457. The molecular weight excluding hydrogens is 474 g/mol. The lowest BCUT2D eigenvalue weighted by Crippen LogP contribution is -2.37. The monoisotopic (exact) mass is 513 g/mol. The highest BCUT2D eigenvalue weighted by molar-refractivity contribution is 6.32. The Morgan fingerprint density at radius 1 is 0.972 bits per heavy atom. The molecule has 3 rings (SSSR count). The van der Waals surface area contributed by atoms with Gasteiger partial charge in [0.15, 0.2) is 5.78 Å². The number of ketones is 1. The molecule has 0 atom stereocenters. The van der Waals surface area contributed by atoms with Crippen molar-refractivity contribution in [1.29, 1.82) is 0 Å². The highest BCUT2D eigenvalue weighted by Gasteiger charge is 2.22. The van der Waals surface area contributed by atoms with E-state index in [4.69, 9.17) is 21.1 Å². The Morgan fingerprint density at radius 3 is 2.28 bits per heavy atom. The van der Waals surface area contributed by atoms with Crippen molar-refractivity contribution in [2.24, 2.45) is 0 Å². The summed E-state index contributed by atoms with van der Waals surface area (Å²) in [5.41, 5.74) is 2.77. The van der Waals surface area contributed by atoms with Gasteiger partial charge in [0.25, 0.3) is 0 Å². The molecule has 1 heterocycles. The Bertz CT molecular complexity index is 1000. The van der Waals surface area contributed by atoms with Gasteiger partial charge in [0.05, 0.1) is 5.02 Å². The number of unbranched alkanes of at least 4 members (excludes halogenated alkanes) is 2. The number of carbonyl (C=O) groups is 2. The zero-order chi connectivity index (χ0) is 26.1. The molecule has 0 aromatic heterocycles. The van der Waals surface area contributed by atoms with E-state index in [0.717, 1.165) is 51.7 Å². The molecular formula is C30H40ClNO4. The van der Waals surface area contributed by atoms with E-state index in [-0.39, 0.29) is 17.9 Å². The normalized spacial score (nSPS) is 15.0. The summed E-state index contributed by atoms with van der Waals surface area (Å²) in [6, 6.07) is 14.1. The van der Waals surface area contributed by atoms with E-state index in [1.54, 1.807) is 12.1 Å². The lowest BCUT2D eigenvalue weighted by molar-refractivity contribution is -0.154. The number of esters is 1. The van der Waals surface area contributed by atoms with Gasteiger partial charge in [0.2, 0.25) is 0 Å². The van der Waals surface area contributed by atoms with E-state index >= 15 is 0 Å². The SMILES string of the molecule is Cc1ccc(CN2CCC(Oc3ccc(C(=O)CCCCCC(=O)OC(C)(C)C)cc3Cl)CC2)cc1. The van der Waals surface area contributed by atoms with E-state index in [2.05, 4.69) is 36.1 Å². The van der Waals surface area contributed by atoms with E-state index < -0.39 is 5.60 Å². The maximum Gasteiger partial charge on any atom is 0.306 e. The third kappa shape index (κ3) is 9.59. The molecule has 0 bridgehead atoms. The second-order valence-electron chi connectivity index (χ2n) is 10.8. The number of carbonyl (C=O) groups excluding carboxylic acids is 2. The van der Waals surface area contributed by atoms with Gasteiger partial charge < -0.3 is 9.47 Å². The number of rotatable bonds is 11. The van der Waals surface area contributed by atoms with Crippen LogP contribution in [0.2, 0.25) is 5.02 Å². The molecule has 1 aliphatic heterocycles. The topological polar surface area (TPSA) is 55.8 Å². The van der Waals surface area contributed by atoms with Crippen LogP contribution in [0.4, 0.5) is 0 Å². The Morgan fingerprint density at radius 2 is 1.64 bits per heavy atom. The minimum absolute atomic E-state index is 0.0603. The van der Waals surface area contributed by atoms with Crippen LogP contribution in [0.5, 0.6) is 5.75 Å². The van der Waals surface area contributed by atoms with Crippen molar-refractivity contribution >= 4 is 23.4 Å². The number of hydrogen-bond donors (Lipinski definition) is 0. The molecule has 0 radical (unpaired) electrons. The van der Waals surface area contributed by atoms with Gasteiger partial charge in [-0.1, -0.05) is 47.9 Å². The van der Waals surface area contributed by atoms with Crippen molar-refractivity contribution in [3.63, 3.8) is 0 Å². The predicted octanol–water partition coefficient (Wildman–Crippen LogP) is 7.17. The summed E-state index contributed by atoms with van der Waals surface area (Å²) >= 11 is 6.47. The number of Topliss-reactive ketones (excluding diaryl/α,β-unsaturated/α-hetero) is 1. The van der Waals surface area contributed by atoms with Gasteiger partial charge >= 0.3 is 5.97 Å². The van der Waals surface area contributed by atoms with E-state index in [9.17, 15) is 9.59 Å². The Balaban J connectivity index is 1.38. The van der Waals surface area contributed by atoms with Crippen molar-refractivity contribution in [2.75, 3.05) is 13.1 Å². The maximum absolute atomic E-state index is 12.6.